The third-order valence-corrected chi connectivity index (χ3v) is 12.7. The van der Waals surface area contributed by atoms with Crippen molar-refractivity contribution in [2.45, 2.75) is 40.5 Å². The van der Waals surface area contributed by atoms with Crippen LogP contribution in [-0.2, 0) is 6.42 Å². The van der Waals surface area contributed by atoms with E-state index in [0.717, 1.165) is 40.0 Å². The van der Waals surface area contributed by atoms with Crippen molar-refractivity contribution in [1.29, 1.82) is 0 Å². The number of allylic oxidation sites excluding steroid dienone is 4. The van der Waals surface area contributed by atoms with Gasteiger partial charge in [-0.25, -0.2) is 33.7 Å². The lowest BCUT2D eigenvalue weighted by molar-refractivity contribution is 0.425. The van der Waals surface area contributed by atoms with Crippen molar-refractivity contribution >= 4 is 62.1 Å². The molecule has 0 saturated carbocycles. The maximum Gasteiger partial charge on any atom is 0.178 e. The minimum atomic E-state index is -0.379. The Kier molecular flexibility index (Phi) is 16.1. The van der Waals surface area contributed by atoms with Crippen LogP contribution in [-0.4, -0.2) is 112 Å². The number of fused-ring (bicyclic) bond motifs is 3. The summed E-state index contributed by atoms with van der Waals surface area (Å²) in [5.41, 5.74) is 19.5. The first-order valence-corrected chi connectivity index (χ1v) is 25.6. The summed E-state index contributed by atoms with van der Waals surface area (Å²) in [6, 6.07) is 21.3. The number of nitrogens with one attached hydrogen (secondary N) is 4. The van der Waals surface area contributed by atoms with Crippen LogP contribution in [0.3, 0.4) is 0 Å². The van der Waals surface area contributed by atoms with E-state index in [1.165, 1.54) is 18.2 Å². The first-order valence-electron chi connectivity index (χ1n) is 25.6. The molecule has 0 aliphatic heterocycles. The third kappa shape index (κ3) is 11.4. The number of hydrogen-bond acceptors (Lipinski definition) is 13. The van der Waals surface area contributed by atoms with Crippen LogP contribution in [0.4, 0.5) is 20.2 Å². The van der Waals surface area contributed by atoms with Crippen molar-refractivity contribution in [2.24, 2.45) is 4.99 Å². The van der Waals surface area contributed by atoms with Crippen molar-refractivity contribution in [3.63, 3.8) is 0 Å². The monoisotopic (exact) mass is 1050 g/mol. The molecule has 0 bridgehead atoms. The lowest BCUT2D eigenvalue weighted by Gasteiger charge is -2.20. The first kappa shape index (κ1) is 53.3. The number of rotatable bonds is 19. The number of nitrogens with two attached hydrogens (primary N) is 1. The Balaban J connectivity index is 0.00000366. The zero-order valence-electron chi connectivity index (χ0n) is 44.7. The number of nitrogen functional groups attached to an aromatic ring is 1. The summed E-state index contributed by atoms with van der Waals surface area (Å²) in [5, 5.41) is 18.1. The molecule has 17 nitrogen and oxygen atoms in total. The Morgan fingerprint density at radius 2 is 1.67 bits per heavy atom. The number of H-pyrrole nitrogens is 3. The van der Waals surface area contributed by atoms with E-state index in [-0.39, 0.29) is 11.6 Å². The minimum Gasteiger partial charge on any atom is -0.397 e. The van der Waals surface area contributed by atoms with Crippen molar-refractivity contribution in [1.82, 2.24) is 64.9 Å². The minimum absolute atomic E-state index is 0.368. The van der Waals surface area contributed by atoms with Crippen LogP contribution in [0, 0.1) is 18.6 Å². The van der Waals surface area contributed by atoms with E-state index in [4.69, 9.17) is 30.8 Å². The molecule has 0 amide bonds. The van der Waals surface area contributed by atoms with Crippen LogP contribution in [0.25, 0.3) is 89.9 Å². The molecule has 19 heteroatoms. The standard InChI is InChI=1S/C57H55F2N17.C2H6/c1-8-12-42(36-27-39(59)30-41(29-36)62-21-23-74(5)6)49-33(4)65-57(68-49)54-52-48(17-16-46(67-52)44(10-3)63-19-9-2)76(73-54)75(7)22-11-13-34-24-35(26-38(58)25-34)43-18-20-64-55-50(43)69-56(70-55)53-51-47(71-72-53)15-14-45(66-51)37-28-40(60)32-61-31-37;1-2/h8-10,12,14-20,24-32,62H,1-2,11,13,21-23,60H2,3-7H3,(H,65,68)(H,71,72)(H,64,69,70);1-2H3/b42-12-,44-10-,63-19?;. The molecule has 78 heavy (non-hydrogen) atoms. The highest BCUT2D eigenvalue weighted by Gasteiger charge is 2.24. The lowest BCUT2D eigenvalue weighted by atomic mass is 10.00. The number of likely N-dealkylation sites (N-methyl/N-ethyl adjacent to an activating group) is 1. The second-order valence-electron chi connectivity index (χ2n) is 18.5. The molecular formula is C59H61F2N17. The molecule has 10 rings (SSSR count). The van der Waals surface area contributed by atoms with E-state index in [1.54, 1.807) is 43.0 Å². The molecule has 0 atom stereocenters. The van der Waals surface area contributed by atoms with Gasteiger partial charge in [0.05, 0.1) is 39.5 Å². The molecule has 8 heterocycles. The number of aromatic nitrogens is 12. The average Bonchev–Trinajstić information content (AvgIpc) is 4.41. The Hall–Kier alpha value is -9.49. The maximum absolute atomic E-state index is 15.7. The molecule has 0 aliphatic carbocycles. The summed E-state index contributed by atoms with van der Waals surface area (Å²) < 4.78 is 30.9. The largest absolute Gasteiger partial charge is 0.397 e. The number of halogens is 2. The predicted octanol–water partition coefficient (Wildman–Crippen LogP) is 11.4. The number of anilines is 2. The van der Waals surface area contributed by atoms with Gasteiger partial charge in [0.1, 0.15) is 28.2 Å². The van der Waals surface area contributed by atoms with Gasteiger partial charge in [-0.15, -0.1) is 5.10 Å². The molecule has 0 saturated heterocycles. The zero-order valence-corrected chi connectivity index (χ0v) is 44.7. The number of aryl methyl sites for hydroxylation is 2. The molecule has 2 aromatic carbocycles. The fourth-order valence-corrected chi connectivity index (χ4v) is 9.15. The van der Waals surface area contributed by atoms with Crippen LogP contribution in [0.2, 0.25) is 0 Å². The summed E-state index contributed by atoms with van der Waals surface area (Å²) in [6.07, 6.45) is 14.8. The molecule has 8 aromatic heterocycles. The first-order chi connectivity index (χ1) is 37.9. The number of aromatic amines is 3. The molecule has 396 valence electrons. The van der Waals surface area contributed by atoms with Gasteiger partial charge in [0.15, 0.2) is 28.7 Å². The van der Waals surface area contributed by atoms with Gasteiger partial charge in [-0.2, -0.15) is 9.89 Å². The van der Waals surface area contributed by atoms with Gasteiger partial charge in [0.25, 0.3) is 0 Å². The topological polar surface area (TPSA) is 212 Å². The van der Waals surface area contributed by atoms with Gasteiger partial charge < -0.3 is 25.9 Å². The maximum atomic E-state index is 15.7. The number of nitrogens with zero attached hydrogens (tertiary/aromatic N) is 12. The number of hydrogen-bond donors (Lipinski definition) is 5. The van der Waals surface area contributed by atoms with Crippen LogP contribution in [0.5, 0.6) is 0 Å². The molecule has 0 aliphatic rings. The van der Waals surface area contributed by atoms with Crippen LogP contribution < -0.4 is 16.1 Å². The Bertz CT molecular complexity index is 3910. The van der Waals surface area contributed by atoms with E-state index < -0.39 is 0 Å². The number of benzene rings is 2. The van der Waals surface area contributed by atoms with E-state index in [1.807, 2.05) is 119 Å². The van der Waals surface area contributed by atoms with E-state index in [9.17, 15) is 0 Å². The number of imidazole rings is 2. The lowest BCUT2D eigenvalue weighted by Crippen LogP contribution is -2.32. The van der Waals surface area contributed by atoms with Gasteiger partial charge in [0.2, 0.25) is 0 Å². The van der Waals surface area contributed by atoms with E-state index in [2.05, 4.69) is 58.5 Å². The number of pyridine rings is 4. The van der Waals surface area contributed by atoms with Crippen LogP contribution >= 0.6 is 0 Å². The van der Waals surface area contributed by atoms with E-state index in [0.29, 0.717) is 122 Å². The second-order valence-corrected chi connectivity index (χ2v) is 18.5. The van der Waals surface area contributed by atoms with Crippen molar-refractivity contribution in [3.8, 4) is 45.4 Å². The van der Waals surface area contributed by atoms with Gasteiger partial charge in [-0.1, -0.05) is 57.4 Å². The Labute approximate surface area is 450 Å². The Morgan fingerprint density at radius 3 is 2.45 bits per heavy atom. The van der Waals surface area contributed by atoms with E-state index >= 15 is 8.78 Å². The second kappa shape index (κ2) is 23.6. The normalized spacial score (nSPS) is 12.0. The molecule has 0 unspecified atom stereocenters. The predicted molar refractivity (Wildman–Crippen MR) is 311 cm³/mol. The quantitative estimate of drug-likeness (QED) is 0.0378. The highest BCUT2D eigenvalue weighted by atomic mass is 19.1. The highest BCUT2D eigenvalue weighted by molar-refractivity contribution is 5.95. The Morgan fingerprint density at radius 1 is 0.846 bits per heavy atom. The van der Waals surface area contributed by atoms with Gasteiger partial charge in [-0.3, -0.25) is 20.1 Å². The van der Waals surface area contributed by atoms with Gasteiger partial charge in [0, 0.05) is 79.6 Å². The molecular weight excluding hydrogens is 985 g/mol. The summed E-state index contributed by atoms with van der Waals surface area (Å²) in [5.74, 6) is 0.182. The van der Waals surface area contributed by atoms with Gasteiger partial charge >= 0.3 is 0 Å². The number of aliphatic imine (C=N–C) groups is 1. The van der Waals surface area contributed by atoms with Crippen LogP contribution in [0.1, 0.15) is 55.4 Å². The SMILES string of the molecule is C=CC=N/C(=C\C)c1ccc2c(n1)c(-c1nc(/C(=C\C=C)c3cc(F)cc(NCCN(C)C)c3)c(C)[nH]1)nn2N(C)CCCc1cc(F)cc(-c2ccnc3nc(-c4n[nH]c5ccc(-c6cncc(N)c6)nc45)[nH]c23)c1.CC. The third-order valence-electron chi connectivity index (χ3n) is 12.7. The molecule has 0 fully saturated rings. The average molecular weight is 1050 g/mol. The van der Waals surface area contributed by atoms with Gasteiger partial charge in [-0.05, 0) is 124 Å². The fourth-order valence-electron chi connectivity index (χ4n) is 9.15. The zero-order chi connectivity index (χ0) is 55.0. The molecule has 0 spiro atoms. The molecule has 0 radical (unpaired) electrons. The fraction of sp³-hybridized carbons (Fsp3) is 0.203. The van der Waals surface area contributed by atoms with Crippen LogP contribution in [0.15, 0.2) is 134 Å². The summed E-state index contributed by atoms with van der Waals surface area (Å²) in [6.45, 7) is 17.5. The smallest absolute Gasteiger partial charge is 0.178 e. The molecule has 6 N–H and O–H groups in total. The molecule has 10 aromatic rings. The summed E-state index contributed by atoms with van der Waals surface area (Å²) in [7, 11) is 5.93. The van der Waals surface area contributed by atoms with Crippen molar-refractivity contribution in [2.75, 3.05) is 56.8 Å². The van der Waals surface area contributed by atoms with Crippen molar-refractivity contribution in [3.05, 3.63) is 169 Å². The highest BCUT2D eigenvalue weighted by Crippen LogP contribution is 2.35. The summed E-state index contributed by atoms with van der Waals surface area (Å²) >= 11 is 0. The van der Waals surface area contributed by atoms with Crippen molar-refractivity contribution < 1.29 is 8.78 Å². The summed E-state index contributed by atoms with van der Waals surface area (Å²) in [4.78, 5) is 44.0.